The van der Waals surface area contributed by atoms with E-state index in [4.69, 9.17) is 16.3 Å². The van der Waals surface area contributed by atoms with E-state index in [9.17, 15) is 4.79 Å². The summed E-state index contributed by atoms with van der Waals surface area (Å²) in [5.41, 5.74) is 3.72. The Morgan fingerprint density at radius 3 is 2.83 bits per heavy atom. The summed E-state index contributed by atoms with van der Waals surface area (Å²) in [5.74, 6) is 1.25. The van der Waals surface area contributed by atoms with Crippen molar-refractivity contribution in [2.75, 3.05) is 7.11 Å². The lowest BCUT2D eigenvalue weighted by atomic mass is 9.90. The third-order valence-corrected chi connectivity index (χ3v) is 5.87. The Labute approximate surface area is 144 Å². The number of nitrogens with zero attached hydrogens (tertiary/aromatic N) is 1. The quantitative estimate of drug-likeness (QED) is 0.804. The molecule has 0 bridgehead atoms. The molecular weight excluding hydrogens is 332 g/mol. The van der Waals surface area contributed by atoms with Gasteiger partial charge in [-0.25, -0.2) is 5.43 Å². The highest BCUT2D eigenvalue weighted by molar-refractivity contribution is 7.21. The van der Waals surface area contributed by atoms with Crippen LogP contribution >= 0.6 is 22.9 Å². The molecule has 1 saturated carbocycles. The highest BCUT2D eigenvalue weighted by Crippen LogP contribution is 2.37. The number of nitrogens with one attached hydrogen (secondary N) is 1. The average Bonchev–Trinajstić information content (AvgIpc) is 2.90. The number of hydrazone groups is 1. The van der Waals surface area contributed by atoms with Crippen molar-refractivity contribution in [1.82, 2.24) is 5.43 Å². The maximum Gasteiger partial charge on any atom is 0.283 e. The Hall–Kier alpha value is -1.59. The molecule has 1 heterocycles. The molecule has 6 heteroatoms. The fourth-order valence-corrected chi connectivity index (χ4v) is 4.14. The van der Waals surface area contributed by atoms with Gasteiger partial charge in [0.25, 0.3) is 5.91 Å². The van der Waals surface area contributed by atoms with Gasteiger partial charge in [0.2, 0.25) is 0 Å². The van der Waals surface area contributed by atoms with Crippen molar-refractivity contribution in [3.05, 3.63) is 28.1 Å². The molecule has 0 unspecified atom stereocenters. The molecule has 0 spiro atoms. The van der Waals surface area contributed by atoms with Gasteiger partial charge in [-0.15, -0.1) is 11.3 Å². The number of carbonyl (C=O) groups excluding carboxylic acids is 1. The lowest BCUT2D eigenvalue weighted by Gasteiger charge is -2.18. The molecule has 1 aliphatic rings. The minimum Gasteiger partial charge on any atom is -0.497 e. The summed E-state index contributed by atoms with van der Waals surface area (Å²) in [7, 11) is 1.62. The van der Waals surface area contributed by atoms with Gasteiger partial charge < -0.3 is 4.74 Å². The van der Waals surface area contributed by atoms with Gasteiger partial charge in [-0.2, -0.15) is 5.10 Å². The molecule has 0 saturated heterocycles. The monoisotopic (exact) mass is 350 g/mol. The number of hydrogen-bond donors (Lipinski definition) is 1. The number of thiophene rings is 1. The van der Waals surface area contributed by atoms with Crippen molar-refractivity contribution in [3.63, 3.8) is 0 Å². The van der Waals surface area contributed by atoms with Crippen molar-refractivity contribution < 1.29 is 9.53 Å². The Morgan fingerprint density at radius 1 is 1.39 bits per heavy atom. The zero-order valence-corrected chi connectivity index (χ0v) is 14.8. The van der Waals surface area contributed by atoms with Gasteiger partial charge in [0.05, 0.1) is 12.1 Å². The first-order chi connectivity index (χ1) is 11.1. The Bertz CT molecular complexity index is 759. The molecule has 1 aromatic carbocycles. The summed E-state index contributed by atoms with van der Waals surface area (Å²) >= 11 is 7.70. The third-order valence-electron chi connectivity index (χ3n) is 4.21. The van der Waals surface area contributed by atoms with Crippen LogP contribution in [0.25, 0.3) is 10.1 Å². The van der Waals surface area contributed by atoms with Crippen molar-refractivity contribution in [3.8, 4) is 5.75 Å². The van der Waals surface area contributed by atoms with Crippen molar-refractivity contribution in [2.24, 2.45) is 11.0 Å². The van der Waals surface area contributed by atoms with E-state index in [2.05, 4.69) is 17.5 Å². The molecule has 0 aliphatic heterocycles. The molecule has 0 atom stereocenters. The maximum absolute atomic E-state index is 12.4. The molecule has 122 valence electrons. The molecule has 1 aromatic heterocycles. The lowest BCUT2D eigenvalue weighted by Crippen LogP contribution is -2.21. The molecule has 1 N–H and O–H groups in total. The summed E-state index contributed by atoms with van der Waals surface area (Å²) < 4.78 is 6.14. The van der Waals surface area contributed by atoms with Gasteiger partial charge in [0.1, 0.15) is 10.6 Å². The first kappa shape index (κ1) is 16.3. The van der Waals surface area contributed by atoms with E-state index in [1.54, 1.807) is 7.11 Å². The van der Waals surface area contributed by atoms with Crippen LogP contribution in [0.3, 0.4) is 0 Å². The topological polar surface area (TPSA) is 50.7 Å². The van der Waals surface area contributed by atoms with Crippen LogP contribution in [0, 0.1) is 5.92 Å². The number of fused-ring (bicyclic) bond motifs is 1. The molecule has 23 heavy (non-hydrogen) atoms. The van der Waals surface area contributed by atoms with E-state index < -0.39 is 0 Å². The van der Waals surface area contributed by atoms with E-state index in [0.29, 0.717) is 9.90 Å². The first-order valence-electron chi connectivity index (χ1n) is 7.70. The van der Waals surface area contributed by atoms with E-state index in [-0.39, 0.29) is 5.91 Å². The fraction of sp³-hybridized carbons (Fsp3) is 0.412. The number of methoxy groups -OCH3 is 1. The van der Waals surface area contributed by atoms with Gasteiger partial charge in [-0.1, -0.05) is 18.5 Å². The third kappa shape index (κ3) is 3.51. The minimum absolute atomic E-state index is 0.249. The molecule has 0 radical (unpaired) electrons. The van der Waals surface area contributed by atoms with Gasteiger partial charge in [0, 0.05) is 15.8 Å². The van der Waals surface area contributed by atoms with Crippen LogP contribution in [0.2, 0.25) is 5.02 Å². The minimum atomic E-state index is -0.249. The highest BCUT2D eigenvalue weighted by atomic mass is 35.5. The van der Waals surface area contributed by atoms with Crippen LogP contribution < -0.4 is 10.2 Å². The van der Waals surface area contributed by atoms with E-state index >= 15 is 0 Å². The summed E-state index contributed by atoms with van der Waals surface area (Å²) in [6.07, 6.45) is 4.19. The summed E-state index contributed by atoms with van der Waals surface area (Å²) in [6.45, 7) is 2.25. The largest absolute Gasteiger partial charge is 0.497 e. The van der Waals surface area contributed by atoms with Crippen LogP contribution in [-0.2, 0) is 0 Å². The molecule has 3 rings (SSSR count). The standard InChI is InChI=1S/C17H19ClN2O2S/c1-10-3-5-11(6-4-10)19-20-17(21)16-15(18)13-8-7-12(22-2)9-14(13)23-16/h7-10H,3-6H2,1-2H3,(H,20,21). The molecule has 4 nitrogen and oxygen atoms in total. The van der Waals surface area contributed by atoms with Crippen LogP contribution in [0.1, 0.15) is 42.3 Å². The van der Waals surface area contributed by atoms with Gasteiger partial charge in [-0.05, 0) is 49.8 Å². The fourth-order valence-electron chi connectivity index (χ4n) is 2.71. The van der Waals surface area contributed by atoms with E-state index in [0.717, 1.165) is 53.1 Å². The number of ether oxygens (including phenoxy) is 1. The Morgan fingerprint density at radius 2 is 2.13 bits per heavy atom. The maximum atomic E-state index is 12.4. The first-order valence-corrected chi connectivity index (χ1v) is 8.89. The van der Waals surface area contributed by atoms with E-state index in [1.165, 1.54) is 11.3 Å². The summed E-state index contributed by atoms with van der Waals surface area (Å²) in [6, 6.07) is 5.60. The predicted octanol–water partition coefficient (Wildman–Crippen LogP) is 4.86. The highest BCUT2D eigenvalue weighted by Gasteiger charge is 2.18. The number of amides is 1. The van der Waals surface area contributed by atoms with Crippen LogP contribution in [0.15, 0.2) is 23.3 Å². The van der Waals surface area contributed by atoms with Crippen LogP contribution in [0.4, 0.5) is 0 Å². The van der Waals surface area contributed by atoms with E-state index in [1.807, 2.05) is 18.2 Å². The van der Waals surface area contributed by atoms with Gasteiger partial charge >= 0.3 is 0 Å². The molecule has 1 fully saturated rings. The number of hydrogen-bond acceptors (Lipinski definition) is 4. The van der Waals surface area contributed by atoms with Crippen molar-refractivity contribution in [2.45, 2.75) is 32.6 Å². The smallest absolute Gasteiger partial charge is 0.283 e. The Kier molecular flexibility index (Phi) is 4.87. The molecule has 1 aliphatic carbocycles. The van der Waals surface area contributed by atoms with Crippen LogP contribution in [-0.4, -0.2) is 18.7 Å². The molecule has 1 amide bonds. The summed E-state index contributed by atoms with van der Waals surface area (Å²) in [4.78, 5) is 12.9. The second kappa shape index (κ2) is 6.89. The second-order valence-electron chi connectivity index (χ2n) is 5.91. The number of halogens is 1. The van der Waals surface area contributed by atoms with Crippen LogP contribution in [0.5, 0.6) is 5.75 Å². The van der Waals surface area contributed by atoms with Gasteiger partial charge in [0.15, 0.2) is 0 Å². The van der Waals surface area contributed by atoms with Crippen molar-refractivity contribution >= 4 is 44.6 Å². The SMILES string of the molecule is COc1ccc2c(Cl)c(C(=O)NN=C3CCC(C)CC3)sc2c1. The number of rotatable bonds is 3. The average molecular weight is 351 g/mol. The lowest BCUT2D eigenvalue weighted by molar-refractivity contribution is 0.0959. The van der Waals surface area contributed by atoms with Gasteiger partial charge in [-0.3, -0.25) is 4.79 Å². The molecular formula is C17H19ClN2O2S. The normalized spacial score (nSPS) is 18.0. The predicted molar refractivity (Wildman–Crippen MR) is 95.9 cm³/mol. The zero-order chi connectivity index (χ0) is 16.4. The number of carbonyl (C=O) groups is 1. The zero-order valence-electron chi connectivity index (χ0n) is 13.2. The summed E-state index contributed by atoms with van der Waals surface area (Å²) in [5, 5.41) is 5.62. The van der Waals surface area contributed by atoms with Crippen molar-refractivity contribution in [1.29, 1.82) is 0 Å². The second-order valence-corrected chi connectivity index (χ2v) is 7.34. The number of benzene rings is 1. The Balaban J connectivity index is 1.78. The molecule has 2 aromatic rings.